The Kier molecular flexibility index (Phi) is 5.22. The molecule has 0 aromatic rings. The number of carbonyl (C=O) groups is 1. The fourth-order valence-corrected chi connectivity index (χ4v) is 2.03. The molecule has 1 rings (SSSR count). The molecule has 1 atom stereocenters. The van der Waals surface area contributed by atoms with E-state index >= 15 is 0 Å². The quantitative estimate of drug-likeness (QED) is 0.722. The van der Waals surface area contributed by atoms with E-state index in [1.165, 1.54) is 0 Å². The molecule has 2 N–H and O–H groups in total. The molecule has 0 aromatic heterocycles. The van der Waals surface area contributed by atoms with Gasteiger partial charge < -0.3 is 10.6 Å². The molecule has 0 radical (unpaired) electrons. The minimum atomic E-state index is 0.0954. The summed E-state index contributed by atoms with van der Waals surface area (Å²) in [5, 5.41) is 6.20. The maximum atomic E-state index is 11.4. The number of nitrogens with zero attached hydrogens (tertiary/aromatic N) is 1. The molecule has 1 amide bonds. The Morgan fingerprint density at radius 1 is 1.38 bits per heavy atom. The Hall–Kier alpha value is -0.610. The molecule has 94 valence electrons. The van der Waals surface area contributed by atoms with E-state index in [9.17, 15) is 4.79 Å². The summed E-state index contributed by atoms with van der Waals surface area (Å²) in [7, 11) is 0. The van der Waals surface area contributed by atoms with Crippen LogP contribution >= 0.6 is 0 Å². The molecule has 1 saturated heterocycles. The maximum absolute atomic E-state index is 11.4. The molecular formula is C12H25N3O. The highest BCUT2D eigenvalue weighted by Gasteiger charge is 2.23. The minimum Gasteiger partial charge on any atom is -0.353 e. The highest BCUT2D eigenvalue weighted by atomic mass is 16.1. The summed E-state index contributed by atoms with van der Waals surface area (Å²) in [5.74, 6) is 0.0954. The average Bonchev–Trinajstić information content (AvgIpc) is 2.61. The van der Waals surface area contributed by atoms with Gasteiger partial charge in [0.15, 0.2) is 0 Å². The van der Waals surface area contributed by atoms with E-state index < -0.39 is 0 Å². The van der Waals surface area contributed by atoms with Gasteiger partial charge in [-0.2, -0.15) is 0 Å². The van der Waals surface area contributed by atoms with Crippen LogP contribution in [-0.4, -0.2) is 48.6 Å². The SMILES string of the molecule is CC(C)NC(=O)CNC1CCN(C(C)C)C1. The van der Waals surface area contributed by atoms with Crippen LogP contribution < -0.4 is 10.6 Å². The van der Waals surface area contributed by atoms with Gasteiger partial charge in [0.25, 0.3) is 0 Å². The number of rotatable bonds is 5. The van der Waals surface area contributed by atoms with Crippen LogP contribution in [0.4, 0.5) is 0 Å². The summed E-state index contributed by atoms with van der Waals surface area (Å²) < 4.78 is 0. The van der Waals surface area contributed by atoms with Crippen molar-refractivity contribution in [2.75, 3.05) is 19.6 Å². The largest absolute Gasteiger partial charge is 0.353 e. The maximum Gasteiger partial charge on any atom is 0.234 e. The second-order valence-corrected chi connectivity index (χ2v) is 5.18. The summed E-state index contributed by atoms with van der Waals surface area (Å²) in [6.45, 7) is 11.0. The van der Waals surface area contributed by atoms with Gasteiger partial charge in [0.1, 0.15) is 0 Å². The zero-order chi connectivity index (χ0) is 12.1. The van der Waals surface area contributed by atoms with E-state index in [0.717, 1.165) is 19.5 Å². The molecule has 0 aliphatic carbocycles. The Morgan fingerprint density at radius 3 is 2.56 bits per heavy atom. The molecule has 4 nitrogen and oxygen atoms in total. The molecule has 1 unspecified atom stereocenters. The standard InChI is InChI=1S/C12H25N3O/c1-9(2)14-12(16)7-13-11-5-6-15(8-11)10(3)4/h9-11,13H,5-8H2,1-4H3,(H,14,16). The third kappa shape index (κ3) is 4.49. The first-order valence-electron chi connectivity index (χ1n) is 6.26. The molecular weight excluding hydrogens is 202 g/mol. The number of amides is 1. The summed E-state index contributed by atoms with van der Waals surface area (Å²) >= 11 is 0. The fraction of sp³-hybridized carbons (Fsp3) is 0.917. The van der Waals surface area contributed by atoms with Gasteiger partial charge in [0.05, 0.1) is 6.54 Å². The van der Waals surface area contributed by atoms with Crippen molar-refractivity contribution in [2.24, 2.45) is 0 Å². The van der Waals surface area contributed by atoms with Gasteiger partial charge in [-0.3, -0.25) is 9.69 Å². The summed E-state index contributed by atoms with van der Waals surface area (Å²) in [6, 6.07) is 1.31. The first-order valence-corrected chi connectivity index (χ1v) is 6.26. The zero-order valence-corrected chi connectivity index (χ0v) is 10.9. The topological polar surface area (TPSA) is 44.4 Å². The van der Waals surface area contributed by atoms with E-state index in [-0.39, 0.29) is 11.9 Å². The molecule has 4 heteroatoms. The number of hydrogen-bond acceptors (Lipinski definition) is 3. The first kappa shape index (κ1) is 13.5. The van der Waals surface area contributed by atoms with Crippen molar-refractivity contribution >= 4 is 5.91 Å². The smallest absolute Gasteiger partial charge is 0.234 e. The summed E-state index contributed by atoms with van der Waals surface area (Å²) in [6.07, 6.45) is 1.15. The highest BCUT2D eigenvalue weighted by Crippen LogP contribution is 2.11. The molecule has 1 heterocycles. The Labute approximate surface area is 98.8 Å². The molecule has 0 aromatic carbocycles. The number of nitrogens with one attached hydrogen (secondary N) is 2. The molecule has 1 aliphatic heterocycles. The first-order chi connectivity index (χ1) is 7.49. The van der Waals surface area contributed by atoms with Gasteiger partial charge in [-0.25, -0.2) is 0 Å². The Morgan fingerprint density at radius 2 is 2.06 bits per heavy atom. The summed E-state index contributed by atoms with van der Waals surface area (Å²) in [4.78, 5) is 13.9. The number of carbonyl (C=O) groups excluding carboxylic acids is 1. The molecule has 16 heavy (non-hydrogen) atoms. The van der Waals surface area contributed by atoms with Crippen LogP contribution in [0.5, 0.6) is 0 Å². The van der Waals surface area contributed by atoms with Gasteiger partial charge >= 0.3 is 0 Å². The minimum absolute atomic E-state index is 0.0954. The van der Waals surface area contributed by atoms with Gasteiger partial charge in [0.2, 0.25) is 5.91 Å². The third-order valence-corrected chi connectivity index (χ3v) is 2.95. The van der Waals surface area contributed by atoms with Crippen LogP contribution in [0.3, 0.4) is 0 Å². The van der Waals surface area contributed by atoms with E-state index in [2.05, 4.69) is 29.4 Å². The normalized spacial score (nSPS) is 22.0. The number of hydrogen-bond donors (Lipinski definition) is 2. The molecule has 0 bridgehead atoms. The number of likely N-dealkylation sites (tertiary alicyclic amines) is 1. The van der Waals surface area contributed by atoms with Gasteiger partial charge in [0, 0.05) is 24.7 Å². The van der Waals surface area contributed by atoms with Crippen LogP contribution in [0.15, 0.2) is 0 Å². The third-order valence-electron chi connectivity index (χ3n) is 2.95. The van der Waals surface area contributed by atoms with E-state index in [0.29, 0.717) is 18.6 Å². The lowest BCUT2D eigenvalue weighted by Crippen LogP contribution is -2.42. The van der Waals surface area contributed by atoms with Crippen LogP contribution in [0, 0.1) is 0 Å². The predicted octanol–water partition coefficient (Wildman–Crippen LogP) is 0.583. The lowest BCUT2D eigenvalue weighted by Gasteiger charge is -2.20. The van der Waals surface area contributed by atoms with Crippen molar-refractivity contribution < 1.29 is 4.79 Å². The van der Waals surface area contributed by atoms with Crippen molar-refractivity contribution in [3.05, 3.63) is 0 Å². The second kappa shape index (κ2) is 6.21. The van der Waals surface area contributed by atoms with Crippen molar-refractivity contribution in [3.8, 4) is 0 Å². The lowest BCUT2D eigenvalue weighted by atomic mass is 10.2. The van der Waals surface area contributed by atoms with Crippen LogP contribution in [0.1, 0.15) is 34.1 Å². The van der Waals surface area contributed by atoms with Crippen LogP contribution in [0.25, 0.3) is 0 Å². The second-order valence-electron chi connectivity index (χ2n) is 5.18. The summed E-state index contributed by atoms with van der Waals surface area (Å²) in [5.41, 5.74) is 0. The Balaban J connectivity index is 2.17. The molecule has 1 aliphatic rings. The van der Waals surface area contributed by atoms with Crippen molar-refractivity contribution in [1.29, 1.82) is 0 Å². The van der Waals surface area contributed by atoms with E-state index in [1.54, 1.807) is 0 Å². The average molecular weight is 227 g/mol. The van der Waals surface area contributed by atoms with Gasteiger partial charge in [-0.1, -0.05) is 0 Å². The van der Waals surface area contributed by atoms with Crippen LogP contribution in [-0.2, 0) is 4.79 Å². The van der Waals surface area contributed by atoms with E-state index in [4.69, 9.17) is 0 Å². The van der Waals surface area contributed by atoms with Crippen molar-refractivity contribution in [2.45, 2.75) is 52.2 Å². The molecule has 1 fully saturated rings. The van der Waals surface area contributed by atoms with Crippen molar-refractivity contribution in [1.82, 2.24) is 15.5 Å². The van der Waals surface area contributed by atoms with Crippen molar-refractivity contribution in [3.63, 3.8) is 0 Å². The predicted molar refractivity (Wildman–Crippen MR) is 66.4 cm³/mol. The fourth-order valence-electron chi connectivity index (χ4n) is 2.03. The lowest BCUT2D eigenvalue weighted by molar-refractivity contribution is -0.120. The van der Waals surface area contributed by atoms with Crippen LogP contribution in [0.2, 0.25) is 0 Å². The van der Waals surface area contributed by atoms with Gasteiger partial charge in [-0.05, 0) is 40.7 Å². The molecule has 0 spiro atoms. The monoisotopic (exact) mass is 227 g/mol. The highest BCUT2D eigenvalue weighted by molar-refractivity contribution is 5.78. The van der Waals surface area contributed by atoms with Gasteiger partial charge in [-0.15, -0.1) is 0 Å². The molecule has 0 saturated carbocycles. The zero-order valence-electron chi connectivity index (χ0n) is 10.9. The van der Waals surface area contributed by atoms with E-state index in [1.807, 2.05) is 13.8 Å². The Bertz CT molecular complexity index is 228.